The molecule has 0 spiro atoms. The maximum Gasteiger partial charge on any atom is 0.261 e. The lowest BCUT2D eigenvalue weighted by Gasteiger charge is -2.11. The van der Waals surface area contributed by atoms with Crippen molar-refractivity contribution in [1.29, 1.82) is 0 Å². The van der Waals surface area contributed by atoms with Gasteiger partial charge in [0, 0.05) is 30.8 Å². The number of benzene rings is 3. The summed E-state index contributed by atoms with van der Waals surface area (Å²) >= 11 is 0. The Morgan fingerprint density at radius 2 is 1.62 bits per heavy atom. The number of carbonyl (C=O) groups is 2. The molecular weight excluding hydrogens is 454 g/mol. The fraction of sp³-hybridized carbons (Fsp3) is 0.200. The lowest BCUT2D eigenvalue weighted by molar-refractivity contribution is -0.121. The van der Waals surface area contributed by atoms with Crippen LogP contribution < -0.4 is 20.1 Å². The highest BCUT2D eigenvalue weighted by atomic mass is 32.2. The predicted molar refractivity (Wildman–Crippen MR) is 130 cm³/mol. The minimum absolute atomic E-state index is 0.0762. The van der Waals surface area contributed by atoms with E-state index in [2.05, 4.69) is 15.4 Å². The molecule has 0 aromatic heterocycles. The Morgan fingerprint density at radius 3 is 2.32 bits per heavy atom. The highest BCUT2D eigenvalue weighted by Gasteiger charge is 2.15. The molecule has 0 aliphatic carbocycles. The number of anilines is 1. The summed E-state index contributed by atoms with van der Waals surface area (Å²) in [5.74, 6) is -0.00661. The van der Waals surface area contributed by atoms with E-state index >= 15 is 0 Å². The number of nitrogens with one attached hydrogen (secondary N) is 3. The molecule has 3 aromatic carbocycles. The van der Waals surface area contributed by atoms with Crippen molar-refractivity contribution in [2.24, 2.45) is 0 Å². The second-order valence-corrected chi connectivity index (χ2v) is 9.04. The van der Waals surface area contributed by atoms with Crippen LogP contribution in [0.4, 0.5) is 5.69 Å². The second kappa shape index (κ2) is 11.9. The molecule has 0 heterocycles. The van der Waals surface area contributed by atoms with E-state index in [4.69, 9.17) is 4.74 Å². The van der Waals surface area contributed by atoms with Gasteiger partial charge in [-0.2, -0.15) is 0 Å². The smallest absolute Gasteiger partial charge is 0.261 e. The van der Waals surface area contributed by atoms with Gasteiger partial charge in [0.25, 0.3) is 15.9 Å². The lowest BCUT2D eigenvalue weighted by atomic mass is 10.2. The maximum atomic E-state index is 12.7. The zero-order valence-electron chi connectivity index (χ0n) is 18.8. The third-order valence-electron chi connectivity index (χ3n) is 4.79. The van der Waals surface area contributed by atoms with Gasteiger partial charge in [-0.05, 0) is 55.0 Å². The zero-order chi connectivity index (χ0) is 24.4. The molecule has 3 rings (SSSR count). The first-order valence-electron chi connectivity index (χ1n) is 10.8. The van der Waals surface area contributed by atoms with Crippen molar-refractivity contribution in [3.05, 3.63) is 90.0 Å². The normalized spacial score (nSPS) is 10.9. The summed E-state index contributed by atoms with van der Waals surface area (Å²) in [6.45, 7) is 2.90. The summed E-state index contributed by atoms with van der Waals surface area (Å²) in [7, 11) is -3.84. The molecule has 0 fully saturated rings. The number of sulfonamides is 1. The molecule has 3 N–H and O–H groups in total. The molecule has 178 valence electrons. The van der Waals surface area contributed by atoms with Crippen molar-refractivity contribution in [2.45, 2.75) is 24.8 Å². The van der Waals surface area contributed by atoms with Crippen LogP contribution in [0.25, 0.3) is 0 Å². The lowest BCUT2D eigenvalue weighted by Crippen LogP contribution is -2.30. The first kappa shape index (κ1) is 24.8. The van der Waals surface area contributed by atoms with Crippen LogP contribution in [0.3, 0.4) is 0 Å². The van der Waals surface area contributed by atoms with Crippen molar-refractivity contribution in [1.82, 2.24) is 10.6 Å². The summed E-state index contributed by atoms with van der Waals surface area (Å²) < 4.78 is 33.1. The van der Waals surface area contributed by atoms with Crippen molar-refractivity contribution in [3.8, 4) is 5.75 Å². The van der Waals surface area contributed by atoms with Crippen LogP contribution in [0.2, 0.25) is 0 Å². The minimum atomic E-state index is -3.84. The third kappa shape index (κ3) is 7.35. The molecule has 9 heteroatoms. The van der Waals surface area contributed by atoms with Gasteiger partial charge in [0.15, 0.2) is 0 Å². The minimum Gasteiger partial charge on any atom is -0.494 e. The topological polar surface area (TPSA) is 114 Å². The van der Waals surface area contributed by atoms with Crippen LogP contribution >= 0.6 is 0 Å². The summed E-state index contributed by atoms with van der Waals surface area (Å²) in [6, 6.07) is 21.7. The molecule has 34 heavy (non-hydrogen) atoms. The van der Waals surface area contributed by atoms with Gasteiger partial charge < -0.3 is 15.4 Å². The molecule has 0 saturated carbocycles. The molecule has 0 aliphatic heterocycles. The Morgan fingerprint density at radius 1 is 0.882 bits per heavy atom. The number of amides is 2. The van der Waals surface area contributed by atoms with Crippen molar-refractivity contribution in [3.63, 3.8) is 0 Å². The summed E-state index contributed by atoms with van der Waals surface area (Å²) in [6.07, 6.45) is 0.128. The first-order valence-corrected chi connectivity index (χ1v) is 12.3. The summed E-state index contributed by atoms with van der Waals surface area (Å²) in [5, 5.41) is 5.48. The van der Waals surface area contributed by atoms with Crippen LogP contribution in [0.5, 0.6) is 5.75 Å². The fourth-order valence-electron chi connectivity index (χ4n) is 3.10. The summed E-state index contributed by atoms with van der Waals surface area (Å²) in [5.41, 5.74) is 1.52. The van der Waals surface area contributed by atoms with E-state index in [1.807, 2.05) is 37.3 Å². The number of hydrogen-bond acceptors (Lipinski definition) is 5. The Bertz CT molecular complexity index is 1210. The molecule has 3 aromatic rings. The van der Waals surface area contributed by atoms with Gasteiger partial charge in [-0.25, -0.2) is 8.42 Å². The van der Waals surface area contributed by atoms with Gasteiger partial charge in [-0.1, -0.05) is 36.4 Å². The number of rotatable bonds is 11. The van der Waals surface area contributed by atoms with E-state index in [0.717, 1.165) is 5.56 Å². The van der Waals surface area contributed by atoms with E-state index < -0.39 is 15.9 Å². The van der Waals surface area contributed by atoms with Gasteiger partial charge in [0.2, 0.25) is 5.91 Å². The average Bonchev–Trinajstić information content (AvgIpc) is 2.84. The third-order valence-corrected chi connectivity index (χ3v) is 6.19. The average molecular weight is 482 g/mol. The molecule has 8 nitrogen and oxygen atoms in total. The molecule has 0 aliphatic rings. The first-order chi connectivity index (χ1) is 16.4. The second-order valence-electron chi connectivity index (χ2n) is 7.36. The Labute approximate surface area is 199 Å². The fourth-order valence-corrected chi connectivity index (χ4v) is 4.15. The van der Waals surface area contributed by atoms with Gasteiger partial charge >= 0.3 is 0 Å². The van der Waals surface area contributed by atoms with Gasteiger partial charge in [-0.15, -0.1) is 0 Å². The SMILES string of the molecule is CCOc1ccc(S(=O)(=O)Nc2cccc(C(=O)NCCC(=O)NCc3ccccc3)c2)cc1. The number of ether oxygens (including phenoxy) is 1. The van der Waals surface area contributed by atoms with E-state index in [1.165, 1.54) is 18.2 Å². The van der Waals surface area contributed by atoms with Crippen molar-refractivity contribution in [2.75, 3.05) is 17.9 Å². The summed E-state index contributed by atoms with van der Waals surface area (Å²) in [4.78, 5) is 24.5. The van der Waals surface area contributed by atoms with Gasteiger partial charge in [0.05, 0.1) is 11.5 Å². The largest absolute Gasteiger partial charge is 0.494 e. The van der Waals surface area contributed by atoms with Gasteiger partial charge in [0.1, 0.15) is 5.75 Å². The number of carbonyl (C=O) groups excluding carboxylic acids is 2. The van der Waals surface area contributed by atoms with E-state index in [9.17, 15) is 18.0 Å². The highest BCUT2D eigenvalue weighted by molar-refractivity contribution is 7.92. The standard InChI is InChI=1S/C25H27N3O5S/c1-2-33-22-11-13-23(14-12-22)34(31,32)28-21-10-6-9-20(17-21)25(30)26-16-15-24(29)27-18-19-7-4-3-5-8-19/h3-14,17,28H,2,15-16,18H2,1H3,(H,26,30)(H,27,29). The molecule has 2 amide bonds. The Hall–Kier alpha value is -3.85. The molecular formula is C25H27N3O5S. The quantitative estimate of drug-likeness (QED) is 0.389. The number of hydrogen-bond donors (Lipinski definition) is 3. The monoisotopic (exact) mass is 481 g/mol. The molecule has 0 bridgehead atoms. The maximum absolute atomic E-state index is 12.7. The Kier molecular flexibility index (Phi) is 8.64. The van der Waals surface area contributed by atoms with E-state index in [0.29, 0.717) is 18.9 Å². The zero-order valence-corrected chi connectivity index (χ0v) is 19.6. The Balaban J connectivity index is 1.51. The molecule has 0 atom stereocenters. The van der Waals surface area contributed by atoms with E-state index in [1.54, 1.807) is 30.3 Å². The van der Waals surface area contributed by atoms with Crippen molar-refractivity contribution >= 4 is 27.5 Å². The van der Waals surface area contributed by atoms with Gasteiger partial charge in [-0.3, -0.25) is 14.3 Å². The molecule has 0 unspecified atom stereocenters. The van der Waals surface area contributed by atoms with Crippen LogP contribution in [0.1, 0.15) is 29.3 Å². The molecule has 0 radical (unpaired) electrons. The molecule has 0 saturated heterocycles. The van der Waals surface area contributed by atoms with Crippen LogP contribution in [0, 0.1) is 0 Å². The van der Waals surface area contributed by atoms with Crippen molar-refractivity contribution < 1.29 is 22.7 Å². The van der Waals surface area contributed by atoms with Crippen LogP contribution in [-0.2, 0) is 21.4 Å². The van der Waals surface area contributed by atoms with E-state index in [-0.39, 0.29) is 35.0 Å². The van der Waals surface area contributed by atoms with Crippen LogP contribution in [0.15, 0.2) is 83.8 Å². The highest BCUT2D eigenvalue weighted by Crippen LogP contribution is 2.20. The predicted octanol–water partition coefficient (Wildman–Crippen LogP) is 3.32. The van der Waals surface area contributed by atoms with Crippen LogP contribution in [-0.4, -0.2) is 33.4 Å².